The van der Waals surface area contributed by atoms with E-state index in [-0.39, 0.29) is 0 Å². The van der Waals surface area contributed by atoms with Crippen LogP contribution in [0.1, 0.15) is 12.8 Å². The van der Waals surface area contributed by atoms with Gasteiger partial charge in [-0.2, -0.15) is 0 Å². The molecule has 0 saturated carbocycles. The number of carbonyl (C=O) groups is 1. The third-order valence-corrected chi connectivity index (χ3v) is 1.67. The van der Waals surface area contributed by atoms with Gasteiger partial charge in [-0.05, 0) is 33.0 Å². The van der Waals surface area contributed by atoms with Crippen molar-refractivity contribution in [1.29, 1.82) is 0 Å². The first-order chi connectivity index (χ1) is 5.85. The first-order valence-electron chi connectivity index (χ1n) is 4.39. The van der Waals surface area contributed by atoms with Crippen LogP contribution in [-0.2, 0) is 4.79 Å². The van der Waals surface area contributed by atoms with Gasteiger partial charge in [0, 0.05) is 13.1 Å². The number of rotatable bonds is 8. The third-order valence-electron chi connectivity index (χ3n) is 1.67. The molecule has 0 bridgehead atoms. The molecule has 1 amide bonds. The minimum Gasteiger partial charge on any atom is -0.345 e. The number of nitrogens with two attached hydrogens (primary N) is 1. The van der Waals surface area contributed by atoms with Gasteiger partial charge in [0.25, 0.3) is 0 Å². The number of hydrogen-bond donors (Lipinski definition) is 2. The largest absolute Gasteiger partial charge is 0.345 e. The van der Waals surface area contributed by atoms with Crippen LogP contribution >= 0.6 is 0 Å². The maximum absolute atomic E-state index is 10.5. The van der Waals surface area contributed by atoms with Crippen molar-refractivity contribution >= 4 is 6.41 Å². The average molecular weight is 173 g/mol. The molecule has 0 atom stereocenters. The quantitative estimate of drug-likeness (QED) is 0.381. The molecule has 0 aromatic carbocycles. The normalized spacial score (nSPS) is 9.83. The van der Waals surface area contributed by atoms with Gasteiger partial charge in [0.2, 0.25) is 6.41 Å². The van der Waals surface area contributed by atoms with Gasteiger partial charge in [-0.3, -0.25) is 4.79 Å². The number of hydrogen-bond acceptors (Lipinski definition) is 3. The van der Waals surface area contributed by atoms with Gasteiger partial charge in [-0.15, -0.1) is 0 Å². The molecule has 0 aliphatic carbocycles. The second-order valence-corrected chi connectivity index (χ2v) is 2.74. The lowest BCUT2D eigenvalue weighted by molar-refractivity contribution is -0.118. The standard InChI is InChI=1S/C8H19N3O/c1-10-5-3-7-11(8-12)6-2-4-9/h8,10H,2-7,9H2,1H3. The molecule has 0 radical (unpaired) electrons. The summed E-state index contributed by atoms with van der Waals surface area (Å²) in [5.41, 5.74) is 5.33. The van der Waals surface area contributed by atoms with Crippen LogP contribution in [0, 0.1) is 0 Å². The zero-order chi connectivity index (χ0) is 9.23. The van der Waals surface area contributed by atoms with Crippen LogP contribution in [0.3, 0.4) is 0 Å². The molecule has 0 heterocycles. The topological polar surface area (TPSA) is 58.4 Å². The molecule has 0 fully saturated rings. The van der Waals surface area contributed by atoms with Crippen LogP contribution in [0.2, 0.25) is 0 Å². The maximum Gasteiger partial charge on any atom is 0.209 e. The summed E-state index contributed by atoms with van der Waals surface area (Å²) in [6, 6.07) is 0. The summed E-state index contributed by atoms with van der Waals surface area (Å²) >= 11 is 0. The predicted molar refractivity (Wildman–Crippen MR) is 49.9 cm³/mol. The molecular formula is C8H19N3O. The van der Waals surface area contributed by atoms with Crippen molar-refractivity contribution in [3.63, 3.8) is 0 Å². The van der Waals surface area contributed by atoms with Crippen molar-refractivity contribution < 1.29 is 4.79 Å². The van der Waals surface area contributed by atoms with E-state index in [1.165, 1.54) is 0 Å². The molecule has 0 aliphatic rings. The van der Waals surface area contributed by atoms with Crippen molar-refractivity contribution in [3.05, 3.63) is 0 Å². The van der Waals surface area contributed by atoms with Crippen molar-refractivity contribution in [2.24, 2.45) is 5.73 Å². The van der Waals surface area contributed by atoms with E-state index in [0.717, 1.165) is 38.9 Å². The van der Waals surface area contributed by atoms with Crippen molar-refractivity contribution in [2.75, 3.05) is 33.2 Å². The van der Waals surface area contributed by atoms with Gasteiger partial charge in [0.1, 0.15) is 0 Å². The summed E-state index contributed by atoms with van der Waals surface area (Å²) in [5, 5.41) is 3.04. The Bertz CT molecular complexity index is 108. The summed E-state index contributed by atoms with van der Waals surface area (Å²) in [5.74, 6) is 0. The van der Waals surface area contributed by atoms with Gasteiger partial charge in [-0.1, -0.05) is 0 Å². The molecule has 0 unspecified atom stereocenters. The molecule has 0 spiro atoms. The highest BCUT2D eigenvalue weighted by molar-refractivity contribution is 5.46. The van der Waals surface area contributed by atoms with Gasteiger partial charge >= 0.3 is 0 Å². The molecule has 0 aromatic heterocycles. The Labute approximate surface area is 74.1 Å². The second kappa shape index (κ2) is 8.49. The lowest BCUT2D eigenvalue weighted by Crippen LogP contribution is -2.27. The highest BCUT2D eigenvalue weighted by atomic mass is 16.1. The van der Waals surface area contributed by atoms with Crippen LogP contribution in [0.5, 0.6) is 0 Å². The van der Waals surface area contributed by atoms with E-state index in [0.29, 0.717) is 6.54 Å². The van der Waals surface area contributed by atoms with Gasteiger partial charge < -0.3 is 16.0 Å². The van der Waals surface area contributed by atoms with E-state index < -0.39 is 0 Å². The highest BCUT2D eigenvalue weighted by Crippen LogP contribution is 1.88. The fraction of sp³-hybridized carbons (Fsp3) is 0.875. The van der Waals surface area contributed by atoms with E-state index in [4.69, 9.17) is 5.73 Å². The number of amides is 1. The van der Waals surface area contributed by atoms with Crippen LogP contribution < -0.4 is 11.1 Å². The first-order valence-corrected chi connectivity index (χ1v) is 4.39. The van der Waals surface area contributed by atoms with E-state index >= 15 is 0 Å². The van der Waals surface area contributed by atoms with Gasteiger partial charge in [-0.25, -0.2) is 0 Å². The van der Waals surface area contributed by atoms with E-state index in [1.807, 2.05) is 7.05 Å². The number of nitrogens with zero attached hydrogens (tertiary/aromatic N) is 1. The molecule has 4 heteroatoms. The Morgan fingerprint density at radius 2 is 2.08 bits per heavy atom. The van der Waals surface area contributed by atoms with E-state index in [1.54, 1.807) is 4.90 Å². The summed E-state index contributed by atoms with van der Waals surface area (Å²) in [6.45, 7) is 3.21. The maximum atomic E-state index is 10.5. The molecule has 0 aliphatic heterocycles. The van der Waals surface area contributed by atoms with Crippen LogP contribution in [0.25, 0.3) is 0 Å². The van der Waals surface area contributed by atoms with Crippen LogP contribution in [0.15, 0.2) is 0 Å². The Hall–Kier alpha value is -0.610. The van der Waals surface area contributed by atoms with E-state index in [2.05, 4.69) is 5.32 Å². The summed E-state index contributed by atoms with van der Waals surface area (Å²) in [4.78, 5) is 12.2. The minimum absolute atomic E-state index is 0.649. The lowest BCUT2D eigenvalue weighted by Gasteiger charge is -2.16. The van der Waals surface area contributed by atoms with Crippen molar-refractivity contribution in [3.8, 4) is 0 Å². The molecule has 4 nitrogen and oxygen atoms in total. The summed E-state index contributed by atoms with van der Waals surface area (Å²) < 4.78 is 0. The van der Waals surface area contributed by atoms with Crippen LogP contribution in [-0.4, -0.2) is 44.5 Å². The summed E-state index contributed by atoms with van der Waals surface area (Å²) in [7, 11) is 1.91. The highest BCUT2D eigenvalue weighted by Gasteiger charge is 1.98. The Morgan fingerprint density at radius 1 is 1.42 bits per heavy atom. The number of nitrogens with one attached hydrogen (secondary N) is 1. The fourth-order valence-corrected chi connectivity index (χ4v) is 0.971. The predicted octanol–water partition coefficient (Wildman–Crippen LogP) is -0.597. The monoisotopic (exact) mass is 173 g/mol. The average Bonchev–Trinajstić information content (AvgIpc) is 2.11. The Kier molecular flexibility index (Phi) is 8.05. The first kappa shape index (κ1) is 11.4. The molecule has 0 aromatic rings. The van der Waals surface area contributed by atoms with Crippen molar-refractivity contribution in [2.45, 2.75) is 12.8 Å². The summed E-state index contributed by atoms with van der Waals surface area (Å²) in [6.07, 6.45) is 2.78. The van der Waals surface area contributed by atoms with Gasteiger partial charge in [0.15, 0.2) is 0 Å². The second-order valence-electron chi connectivity index (χ2n) is 2.74. The fourth-order valence-electron chi connectivity index (χ4n) is 0.971. The molecule has 0 saturated heterocycles. The molecular weight excluding hydrogens is 154 g/mol. The lowest BCUT2D eigenvalue weighted by atomic mass is 10.3. The van der Waals surface area contributed by atoms with Crippen LogP contribution in [0.4, 0.5) is 0 Å². The Balaban J connectivity index is 3.32. The molecule has 0 rings (SSSR count). The molecule has 3 N–H and O–H groups in total. The minimum atomic E-state index is 0.649. The number of carbonyl (C=O) groups excluding carboxylic acids is 1. The SMILES string of the molecule is CNCCCN(C=O)CCCN. The van der Waals surface area contributed by atoms with E-state index in [9.17, 15) is 4.79 Å². The third kappa shape index (κ3) is 6.12. The zero-order valence-corrected chi connectivity index (χ0v) is 7.75. The zero-order valence-electron chi connectivity index (χ0n) is 7.75. The molecule has 72 valence electrons. The van der Waals surface area contributed by atoms with Gasteiger partial charge in [0.05, 0.1) is 0 Å². The molecule has 12 heavy (non-hydrogen) atoms. The smallest absolute Gasteiger partial charge is 0.209 e. The Morgan fingerprint density at radius 3 is 2.58 bits per heavy atom. The van der Waals surface area contributed by atoms with Crippen molar-refractivity contribution in [1.82, 2.24) is 10.2 Å².